The zero-order valence-corrected chi connectivity index (χ0v) is 6.87. The van der Waals surface area contributed by atoms with Crippen molar-refractivity contribution in [3.05, 3.63) is 0 Å². The van der Waals surface area contributed by atoms with Crippen LogP contribution in [0, 0.1) is 11.8 Å². The summed E-state index contributed by atoms with van der Waals surface area (Å²) in [5.74, 6) is 0.236. The zero-order valence-electron chi connectivity index (χ0n) is 6.87. The van der Waals surface area contributed by atoms with Crippen LogP contribution < -0.4 is 0 Å². The summed E-state index contributed by atoms with van der Waals surface area (Å²) in [4.78, 5) is 10.2. The van der Waals surface area contributed by atoms with E-state index in [1.54, 1.807) is 6.92 Å². The third-order valence-electron chi connectivity index (χ3n) is 1.53. The van der Waals surface area contributed by atoms with Gasteiger partial charge in [0.25, 0.3) is 0 Å². The fourth-order valence-electron chi connectivity index (χ4n) is 0.788. The Kier molecular flexibility index (Phi) is 4.28. The maximum atomic E-state index is 10.2. The molecule has 0 amide bonds. The number of aldehydes is 1. The van der Waals surface area contributed by atoms with Gasteiger partial charge in [-0.2, -0.15) is 0 Å². The third kappa shape index (κ3) is 3.62. The van der Waals surface area contributed by atoms with E-state index in [2.05, 4.69) is 0 Å². The van der Waals surface area contributed by atoms with Gasteiger partial charge in [-0.15, -0.1) is 0 Å². The third-order valence-corrected chi connectivity index (χ3v) is 1.53. The van der Waals surface area contributed by atoms with Crippen molar-refractivity contribution in [2.24, 2.45) is 11.8 Å². The topological polar surface area (TPSA) is 37.3 Å². The van der Waals surface area contributed by atoms with Crippen LogP contribution in [0.25, 0.3) is 0 Å². The molecule has 0 aromatic rings. The molecule has 0 saturated carbocycles. The number of hydrogen-bond donors (Lipinski definition) is 1. The quantitative estimate of drug-likeness (QED) is 0.602. The van der Waals surface area contributed by atoms with E-state index in [1.165, 1.54) is 0 Å². The van der Waals surface area contributed by atoms with Crippen LogP contribution in [-0.4, -0.2) is 17.5 Å². The summed E-state index contributed by atoms with van der Waals surface area (Å²) in [7, 11) is 0. The molecule has 0 aromatic heterocycles. The second-order valence-electron chi connectivity index (χ2n) is 3.19. The minimum Gasteiger partial charge on any atom is -0.392 e. The molecule has 0 unspecified atom stereocenters. The van der Waals surface area contributed by atoms with Crippen molar-refractivity contribution in [1.82, 2.24) is 0 Å². The summed E-state index contributed by atoms with van der Waals surface area (Å²) in [6.07, 6.45) is 1.05. The number of rotatable bonds is 4. The highest BCUT2D eigenvalue weighted by atomic mass is 16.3. The Hall–Kier alpha value is -0.370. The van der Waals surface area contributed by atoms with Gasteiger partial charge in [0.05, 0.1) is 6.10 Å². The minimum absolute atomic E-state index is 0.220. The van der Waals surface area contributed by atoms with Gasteiger partial charge in [-0.05, 0) is 12.3 Å². The molecule has 0 rings (SSSR count). The predicted molar refractivity (Wildman–Crippen MR) is 40.7 cm³/mol. The maximum absolute atomic E-state index is 10.2. The predicted octanol–water partition coefficient (Wildman–Crippen LogP) is 1.23. The highest BCUT2D eigenvalue weighted by molar-refractivity contribution is 5.53. The van der Waals surface area contributed by atoms with E-state index >= 15 is 0 Å². The Balaban J connectivity index is 3.60. The molecule has 0 radical (unpaired) electrons. The molecule has 2 nitrogen and oxygen atoms in total. The SMILES string of the molecule is CC(C)C[C@@H](O)[C@H](C)C=O. The molecule has 2 heteroatoms. The molecule has 60 valence electrons. The molecule has 1 N–H and O–H groups in total. The van der Waals surface area contributed by atoms with Crippen molar-refractivity contribution in [3.63, 3.8) is 0 Å². The fourth-order valence-corrected chi connectivity index (χ4v) is 0.788. The average Bonchev–Trinajstić information content (AvgIpc) is 1.85. The Bertz CT molecular complexity index is 99.4. The van der Waals surface area contributed by atoms with Gasteiger partial charge in [0.15, 0.2) is 0 Å². The number of carbonyl (C=O) groups is 1. The monoisotopic (exact) mass is 144 g/mol. The van der Waals surface area contributed by atoms with Gasteiger partial charge in [-0.3, -0.25) is 0 Å². The number of carbonyl (C=O) groups excluding carboxylic acids is 1. The molecule has 0 aliphatic rings. The first-order valence-corrected chi connectivity index (χ1v) is 3.71. The minimum atomic E-state index is -0.461. The average molecular weight is 144 g/mol. The first-order valence-electron chi connectivity index (χ1n) is 3.71. The lowest BCUT2D eigenvalue weighted by atomic mass is 9.97. The molecular weight excluding hydrogens is 128 g/mol. The molecule has 2 atom stereocenters. The van der Waals surface area contributed by atoms with Crippen molar-refractivity contribution in [1.29, 1.82) is 0 Å². The smallest absolute Gasteiger partial charge is 0.125 e. The van der Waals surface area contributed by atoms with Crippen LogP contribution in [0.4, 0.5) is 0 Å². The Morgan fingerprint density at radius 2 is 1.90 bits per heavy atom. The summed E-state index contributed by atoms with van der Waals surface area (Å²) in [6, 6.07) is 0. The van der Waals surface area contributed by atoms with E-state index in [0.717, 1.165) is 6.29 Å². The van der Waals surface area contributed by atoms with Crippen LogP contribution >= 0.6 is 0 Å². The van der Waals surface area contributed by atoms with Gasteiger partial charge in [0.2, 0.25) is 0 Å². The van der Waals surface area contributed by atoms with Gasteiger partial charge in [0, 0.05) is 5.92 Å². The zero-order chi connectivity index (χ0) is 8.15. The standard InChI is InChI=1S/C8H16O2/c1-6(2)4-8(10)7(3)5-9/h5-8,10H,4H2,1-3H3/t7-,8-/m1/s1. The Morgan fingerprint density at radius 1 is 1.40 bits per heavy atom. The van der Waals surface area contributed by atoms with Crippen molar-refractivity contribution in [3.8, 4) is 0 Å². The van der Waals surface area contributed by atoms with Crippen molar-refractivity contribution < 1.29 is 9.90 Å². The first-order chi connectivity index (χ1) is 4.57. The van der Waals surface area contributed by atoms with E-state index in [4.69, 9.17) is 0 Å². The van der Waals surface area contributed by atoms with E-state index < -0.39 is 6.10 Å². The lowest BCUT2D eigenvalue weighted by Gasteiger charge is -2.14. The first kappa shape index (κ1) is 9.63. The molecule has 0 heterocycles. The summed E-state index contributed by atoms with van der Waals surface area (Å²) in [5, 5.41) is 9.26. The van der Waals surface area contributed by atoms with Gasteiger partial charge in [-0.25, -0.2) is 0 Å². The summed E-state index contributed by atoms with van der Waals surface area (Å²) in [5.41, 5.74) is 0. The summed E-state index contributed by atoms with van der Waals surface area (Å²) >= 11 is 0. The van der Waals surface area contributed by atoms with Crippen LogP contribution in [0.5, 0.6) is 0 Å². The maximum Gasteiger partial charge on any atom is 0.125 e. The normalized spacial score (nSPS) is 16.9. The van der Waals surface area contributed by atoms with E-state index in [0.29, 0.717) is 12.3 Å². The van der Waals surface area contributed by atoms with Crippen molar-refractivity contribution in [2.75, 3.05) is 0 Å². The molecule has 0 fully saturated rings. The van der Waals surface area contributed by atoms with Gasteiger partial charge in [0.1, 0.15) is 6.29 Å². The largest absolute Gasteiger partial charge is 0.392 e. The Labute approximate surface area is 62.2 Å². The molecule has 0 aliphatic heterocycles. The molecular formula is C8H16O2. The fraction of sp³-hybridized carbons (Fsp3) is 0.875. The second kappa shape index (κ2) is 4.45. The lowest BCUT2D eigenvalue weighted by Crippen LogP contribution is -2.20. The van der Waals surface area contributed by atoms with Crippen LogP contribution in [0.15, 0.2) is 0 Å². The molecule has 0 bridgehead atoms. The molecule has 10 heavy (non-hydrogen) atoms. The van der Waals surface area contributed by atoms with E-state index in [-0.39, 0.29) is 5.92 Å². The van der Waals surface area contributed by atoms with E-state index in [9.17, 15) is 9.90 Å². The second-order valence-corrected chi connectivity index (χ2v) is 3.19. The summed E-state index contributed by atoms with van der Waals surface area (Å²) in [6.45, 7) is 5.79. The Morgan fingerprint density at radius 3 is 2.20 bits per heavy atom. The molecule has 0 aromatic carbocycles. The van der Waals surface area contributed by atoms with Crippen LogP contribution in [0.1, 0.15) is 27.2 Å². The van der Waals surface area contributed by atoms with Crippen molar-refractivity contribution >= 4 is 6.29 Å². The lowest BCUT2D eigenvalue weighted by molar-refractivity contribution is -0.113. The molecule has 0 saturated heterocycles. The number of aliphatic hydroxyl groups excluding tert-OH is 1. The van der Waals surface area contributed by atoms with E-state index in [1.807, 2.05) is 13.8 Å². The highest BCUT2D eigenvalue weighted by Crippen LogP contribution is 2.10. The molecule has 0 spiro atoms. The van der Waals surface area contributed by atoms with Gasteiger partial charge in [-0.1, -0.05) is 20.8 Å². The van der Waals surface area contributed by atoms with Gasteiger partial charge >= 0.3 is 0 Å². The highest BCUT2D eigenvalue weighted by Gasteiger charge is 2.13. The van der Waals surface area contributed by atoms with Crippen LogP contribution in [0.2, 0.25) is 0 Å². The van der Waals surface area contributed by atoms with Crippen molar-refractivity contribution in [2.45, 2.75) is 33.3 Å². The number of hydrogen-bond acceptors (Lipinski definition) is 2. The van der Waals surface area contributed by atoms with Crippen LogP contribution in [0.3, 0.4) is 0 Å². The van der Waals surface area contributed by atoms with Crippen LogP contribution in [-0.2, 0) is 4.79 Å². The molecule has 0 aliphatic carbocycles. The van der Waals surface area contributed by atoms with Gasteiger partial charge < -0.3 is 9.90 Å². The number of aliphatic hydroxyl groups is 1. The summed E-state index contributed by atoms with van der Waals surface area (Å²) < 4.78 is 0.